The number of halogens is 2. The molecule has 2 N–H and O–H groups in total. The summed E-state index contributed by atoms with van der Waals surface area (Å²) in [4.78, 5) is 25.7. The van der Waals surface area contributed by atoms with Crippen molar-refractivity contribution in [3.05, 3.63) is 29.8 Å². The highest BCUT2D eigenvalue weighted by Gasteiger charge is 2.37. The van der Waals surface area contributed by atoms with E-state index in [9.17, 15) is 23.5 Å². The highest BCUT2D eigenvalue weighted by atomic mass is 19.1. The molecule has 1 aromatic rings. The Morgan fingerprint density at radius 1 is 1.21 bits per heavy atom. The van der Waals surface area contributed by atoms with Gasteiger partial charge in [-0.15, -0.1) is 0 Å². The Labute approximate surface area is 138 Å². The Balaban J connectivity index is 1.62. The average Bonchev–Trinajstić information content (AvgIpc) is 2.91. The van der Waals surface area contributed by atoms with Crippen LogP contribution in [0.25, 0.3) is 0 Å². The fraction of sp³-hybridized carbons (Fsp3) is 0.529. The smallest absolute Gasteiger partial charge is 0.227 e. The molecule has 1 heterocycles. The lowest BCUT2D eigenvalue weighted by Gasteiger charge is -2.27. The molecule has 2 aliphatic rings. The molecule has 3 rings (SSSR count). The van der Waals surface area contributed by atoms with E-state index in [1.54, 1.807) is 0 Å². The third kappa shape index (κ3) is 3.56. The van der Waals surface area contributed by atoms with Gasteiger partial charge < -0.3 is 15.3 Å². The zero-order valence-corrected chi connectivity index (χ0v) is 13.2. The normalized spacial score (nSPS) is 27.4. The van der Waals surface area contributed by atoms with Gasteiger partial charge in [0.05, 0.1) is 17.7 Å². The van der Waals surface area contributed by atoms with Crippen molar-refractivity contribution in [3.63, 3.8) is 0 Å². The minimum atomic E-state index is -0.814. The number of nitrogens with zero attached hydrogens (tertiary/aromatic N) is 1. The predicted octanol–water partition coefficient (Wildman–Crippen LogP) is 1.74. The predicted molar refractivity (Wildman–Crippen MR) is 83.2 cm³/mol. The summed E-state index contributed by atoms with van der Waals surface area (Å²) in [6, 6.07) is 3.04. The van der Waals surface area contributed by atoms with E-state index in [-0.39, 0.29) is 42.6 Å². The number of nitrogens with one attached hydrogen (secondary N) is 1. The standard InChI is InChI=1S/C17H20F2N2O3/c18-11-1-6-15(14(19)8-11)21-9-10(7-16(21)23)17(24)20-12-2-4-13(22)5-3-12/h1,6,8,10,12-13,22H,2-5,7,9H2,(H,20,24). The van der Waals surface area contributed by atoms with Crippen LogP contribution in [0.2, 0.25) is 0 Å². The van der Waals surface area contributed by atoms with Crippen LogP contribution in [0.15, 0.2) is 18.2 Å². The van der Waals surface area contributed by atoms with E-state index in [1.807, 2.05) is 0 Å². The molecule has 1 saturated carbocycles. The summed E-state index contributed by atoms with van der Waals surface area (Å²) in [5.41, 5.74) is -0.00233. The van der Waals surface area contributed by atoms with Gasteiger partial charge in [0.1, 0.15) is 11.6 Å². The zero-order chi connectivity index (χ0) is 17.3. The van der Waals surface area contributed by atoms with E-state index >= 15 is 0 Å². The minimum Gasteiger partial charge on any atom is -0.393 e. The number of aliphatic hydroxyl groups excluding tert-OH is 1. The summed E-state index contributed by atoms with van der Waals surface area (Å²) < 4.78 is 26.9. The molecule has 7 heteroatoms. The summed E-state index contributed by atoms with van der Waals surface area (Å²) in [5.74, 6) is -2.65. The first-order chi connectivity index (χ1) is 11.4. The van der Waals surface area contributed by atoms with E-state index in [2.05, 4.69) is 5.32 Å². The first kappa shape index (κ1) is 16.8. The lowest BCUT2D eigenvalue weighted by Crippen LogP contribution is -2.42. The molecule has 2 fully saturated rings. The second-order valence-electron chi connectivity index (χ2n) is 6.52. The molecule has 0 aromatic heterocycles. The Hall–Kier alpha value is -2.02. The topological polar surface area (TPSA) is 69.6 Å². The van der Waals surface area contributed by atoms with E-state index in [1.165, 1.54) is 11.0 Å². The van der Waals surface area contributed by atoms with Crippen molar-refractivity contribution in [1.29, 1.82) is 0 Å². The molecule has 24 heavy (non-hydrogen) atoms. The Morgan fingerprint density at radius 3 is 2.58 bits per heavy atom. The summed E-state index contributed by atoms with van der Waals surface area (Å²) in [5, 5.41) is 12.4. The number of aliphatic hydroxyl groups is 1. The van der Waals surface area contributed by atoms with E-state index in [4.69, 9.17) is 0 Å². The summed E-state index contributed by atoms with van der Waals surface area (Å²) in [6.45, 7) is 0.0859. The summed E-state index contributed by atoms with van der Waals surface area (Å²) >= 11 is 0. The number of carbonyl (C=O) groups excluding carboxylic acids is 2. The van der Waals surface area contributed by atoms with E-state index in [0.717, 1.165) is 12.1 Å². The quantitative estimate of drug-likeness (QED) is 0.882. The van der Waals surface area contributed by atoms with Crippen molar-refractivity contribution in [2.24, 2.45) is 5.92 Å². The Kier molecular flexibility index (Phi) is 4.80. The molecule has 1 aliphatic carbocycles. The van der Waals surface area contributed by atoms with Crippen LogP contribution in [-0.2, 0) is 9.59 Å². The van der Waals surface area contributed by atoms with Crippen molar-refractivity contribution in [1.82, 2.24) is 5.32 Å². The molecule has 1 aliphatic heterocycles. The van der Waals surface area contributed by atoms with E-state index in [0.29, 0.717) is 25.7 Å². The number of carbonyl (C=O) groups is 2. The SMILES string of the molecule is O=C(NC1CCC(O)CC1)C1CC(=O)N(c2ccc(F)cc2F)C1. The second kappa shape index (κ2) is 6.84. The number of rotatable bonds is 3. The van der Waals surface area contributed by atoms with Gasteiger partial charge in [-0.1, -0.05) is 0 Å². The van der Waals surface area contributed by atoms with Gasteiger partial charge in [0, 0.05) is 25.1 Å². The molecule has 1 atom stereocenters. The highest BCUT2D eigenvalue weighted by Crippen LogP contribution is 2.28. The van der Waals surface area contributed by atoms with Crippen LogP contribution in [0.3, 0.4) is 0 Å². The Morgan fingerprint density at radius 2 is 1.92 bits per heavy atom. The van der Waals surface area contributed by atoms with Gasteiger partial charge in [-0.2, -0.15) is 0 Å². The van der Waals surface area contributed by atoms with Crippen LogP contribution < -0.4 is 10.2 Å². The number of anilines is 1. The molecular formula is C17H20F2N2O3. The first-order valence-electron chi connectivity index (χ1n) is 8.18. The number of amides is 2. The fourth-order valence-corrected chi connectivity index (χ4v) is 3.36. The molecule has 1 aromatic carbocycles. The molecule has 1 saturated heterocycles. The third-order valence-electron chi connectivity index (χ3n) is 4.74. The summed E-state index contributed by atoms with van der Waals surface area (Å²) in [6.07, 6.45) is 2.44. The number of hydrogen-bond donors (Lipinski definition) is 2. The second-order valence-corrected chi connectivity index (χ2v) is 6.52. The molecule has 5 nitrogen and oxygen atoms in total. The van der Waals surface area contributed by atoms with Gasteiger partial charge in [-0.3, -0.25) is 9.59 Å². The van der Waals surface area contributed by atoms with Crippen LogP contribution in [0.1, 0.15) is 32.1 Å². The van der Waals surface area contributed by atoms with Crippen molar-refractivity contribution in [2.75, 3.05) is 11.4 Å². The third-order valence-corrected chi connectivity index (χ3v) is 4.74. The van der Waals surface area contributed by atoms with Gasteiger partial charge in [0.2, 0.25) is 11.8 Å². The molecule has 2 amide bonds. The molecule has 130 valence electrons. The molecular weight excluding hydrogens is 318 g/mol. The van der Waals surface area contributed by atoms with Gasteiger partial charge in [-0.05, 0) is 37.8 Å². The van der Waals surface area contributed by atoms with Crippen molar-refractivity contribution >= 4 is 17.5 Å². The largest absolute Gasteiger partial charge is 0.393 e. The highest BCUT2D eigenvalue weighted by molar-refractivity contribution is 6.00. The van der Waals surface area contributed by atoms with Crippen molar-refractivity contribution in [3.8, 4) is 0 Å². The maximum absolute atomic E-state index is 13.9. The van der Waals surface area contributed by atoms with Crippen LogP contribution >= 0.6 is 0 Å². The van der Waals surface area contributed by atoms with Crippen LogP contribution in [-0.4, -0.2) is 35.6 Å². The molecule has 0 radical (unpaired) electrons. The lowest BCUT2D eigenvalue weighted by atomic mass is 9.92. The average molecular weight is 338 g/mol. The molecule has 0 bridgehead atoms. The molecule has 1 unspecified atom stereocenters. The number of benzene rings is 1. The summed E-state index contributed by atoms with van der Waals surface area (Å²) in [7, 11) is 0. The zero-order valence-electron chi connectivity index (χ0n) is 13.2. The minimum absolute atomic E-state index is 0.00233. The van der Waals surface area contributed by atoms with Gasteiger partial charge in [-0.25, -0.2) is 8.78 Å². The maximum atomic E-state index is 13.9. The molecule has 0 spiro atoms. The van der Waals surface area contributed by atoms with Gasteiger partial charge >= 0.3 is 0 Å². The van der Waals surface area contributed by atoms with E-state index < -0.39 is 17.6 Å². The fourth-order valence-electron chi connectivity index (χ4n) is 3.36. The van der Waals surface area contributed by atoms with Crippen LogP contribution in [0.4, 0.5) is 14.5 Å². The number of hydrogen-bond acceptors (Lipinski definition) is 3. The van der Waals surface area contributed by atoms with Crippen molar-refractivity contribution in [2.45, 2.75) is 44.2 Å². The van der Waals surface area contributed by atoms with Gasteiger partial charge in [0.15, 0.2) is 0 Å². The van der Waals surface area contributed by atoms with Crippen molar-refractivity contribution < 1.29 is 23.5 Å². The monoisotopic (exact) mass is 338 g/mol. The van der Waals surface area contributed by atoms with Crippen LogP contribution in [0.5, 0.6) is 0 Å². The maximum Gasteiger partial charge on any atom is 0.227 e. The lowest BCUT2D eigenvalue weighted by molar-refractivity contribution is -0.127. The van der Waals surface area contributed by atoms with Crippen LogP contribution in [0, 0.1) is 17.6 Å². The Bertz CT molecular complexity index is 645. The first-order valence-corrected chi connectivity index (χ1v) is 8.18. The van der Waals surface area contributed by atoms with Gasteiger partial charge in [0.25, 0.3) is 0 Å².